The van der Waals surface area contributed by atoms with Crippen LogP contribution in [0, 0.1) is 0 Å². The average Bonchev–Trinajstić information content (AvgIpc) is 2.33. The van der Waals surface area contributed by atoms with Crippen molar-refractivity contribution in [3.05, 3.63) is 28.0 Å². The Morgan fingerprint density at radius 2 is 2.21 bits per heavy atom. The highest BCUT2D eigenvalue weighted by Gasteiger charge is 2.28. The average molecular weight is 323 g/mol. The number of likely N-dealkylation sites (tertiary alicyclic amines) is 1. The van der Waals surface area contributed by atoms with E-state index in [1.165, 1.54) is 6.26 Å². The number of rotatable bonds is 3. The number of aromatic nitrogens is 1. The Bertz CT molecular complexity index is 543. The molecule has 0 N–H and O–H groups in total. The molecule has 0 spiro atoms. The van der Waals surface area contributed by atoms with Crippen LogP contribution >= 0.6 is 23.2 Å². The van der Waals surface area contributed by atoms with Crippen LogP contribution in [0.4, 0.5) is 0 Å². The maximum absolute atomic E-state index is 11.6. The Kier molecular flexibility index (Phi) is 4.71. The predicted octanol–water partition coefficient (Wildman–Crippen LogP) is 2.40. The first-order valence-electron chi connectivity index (χ1n) is 6.08. The Morgan fingerprint density at radius 1 is 1.47 bits per heavy atom. The zero-order valence-corrected chi connectivity index (χ0v) is 13.0. The van der Waals surface area contributed by atoms with E-state index in [1.807, 2.05) is 0 Å². The van der Waals surface area contributed by atoms with Crippen molar-refractivity contribution in [2.45, 2.75) is 24.6 Å². The SMILES string of the molecule is CS(=O)(=O)C1CCCN(Cc2c(Cl)ccnc2Cl)C1. The van der Waals surface area contributed by atoms with Gasteiger partial charge in [0.1, 0.15) is 5.15 Å². The van der Waals surface area contributed by atoms with Crippen LogP contribution in [-0.4, -0.2) is 42.9 Å². The highest BCUT2D eigenvalue weighted by Crippen LogP contribution is 2.26. The molecule has 1 saturated heterocycles. The van der Waals surface area contributed by atoms with Gasteiger partial charge in [0, 0.05) is 36.1 Å². The van der Waals surface area contributed by atoms with Gasteiger partial charge < -0.3 is 0 Å². The van der Waals surface area contributed by atoms with E-state index in [0.717, 1.165) is 24.9 Å². The second-order valence-corrected chi connectivity index (χ2v) is 7.98. The predicted molar refractivity (Wildman–Crippen MR) is 77.4 cm³/mol. The van der Waals surface area contributed by atoms with E-state index < -0.39 is 9.84 Å². The Hall–Kier alpha value is -0.360. The summed E-state index contributed by atoms with van der Waals surface area (Å²) in [5.74, 6) is 0. The Balaban J connectivity index is 2.11. The fourth-order valence-electron chi connectivity index (χ4n) is 2.32. The van der Waals surface area contributed by atoms with E-state index in [-0.39, 0.29) is 5.25 Å². The molecular formula is C12H16Cl2N2O2S. The summed E-state index contributed by atoms with van der Waals surface area (Å²) in [5.41, 5.74) is 0.764. The third kappa shape index (κ3) is 3.81. The standard InChI is InChI=1S/C12H16Cl2N2O2S/c1-19(17,18)9-3-2-6-16(7-9)8-10-11(13)4-5-15-12(10)14/h4-5,9H,2-3,6-8H2,1H3. The summed E-state index contributed by atoms with van der Waals surface area (Å²) in [6.07, 6.45) is 4.45. The number of piperidine rings is 1. The molecule has 1 aliphatic heterocycles. The number of hydrogen-bond donors (Lipinski definition) is 0. The van der Waals surface area contributed by atoms with E-state index in [0.29, 0.717) is 23.3 Å². The van der Waals surface area contributed by atoms with E-state index >= 15 is 0 Å². The van der Waals surface area contributed by atoms with E-state index in [4.69, 9.17) is 23.2 Å². The third-order valence-corrected chi connectivity index (χ3v) is 5.67. The molecule has 19 heavy (non-hydrogen) atoms. The maximum atomic E-state index is 11.6. The van der Waals surface area contributed by atoms with Crippen LogP contribution in [0.5, 0.6) is 0 Å². The zero-order chi connectivity index (χ0) is 14.0. The largest absolute Gasteiger partial charge is 0.298 e. The maximum Gasteiger partial charge on any atom is 0.151 e. The van der Waals surface area contributed by atoms with Gasteiger partial charge in [-0.2, -0.15) is 0 Å². The molecule has 1 atom stereocenters. The minimum atomic E-state index is -2.99. The molecule has 1 aliphatic rings. The van der Waals surface area contributed by atoms with Gasteiger partial charge in [-0.1, -0.05) is 23.2 Å². The van der Waals surface area contributed by atoms with Crippen molar-refractivity contribution in [2.24, 2.45) is 0 Å². The molecule has 2 rings (SSSR count). The summed E-state index contributed by atoms with van der Waals surface area (Å²) >= 11 is 12.1. The molecule has 1 aromatic rings. The summed E-state index contributed by atoms with van der Waals surface area (Å²) in [7, 11) is -2.99. The first kappa shape index (κ1) is 15.0. The van der Waals surface area contributed by atoms with Gasteiger partial charge in [0.2, 0.25) is 0 Å². The Labute approximate surface area is 123 Å². The molecule has 0 aliphatic carbocycles. The number of nitrogens with zero attached hydrogens (tertiary/aromatic N) is 2. The second kappa shape index (κ2) is 5.95. The highest BCUT2D eigenvalue weighted by molar-refractivity contribution is 7.91. The second-order valence-electron chi connectivity index (χ2n) is 4.89. The van der Waals surface area contributed by atoms with Gasteiger partial charge in [-0.25, -0.2) is 13.4 Å². The van der Waals surface area contributed by atoms with Crippen molar-refractivity contribution < 1.29 is 8.42 Å². The summed E-state index contributed by atoms with van der Waals surface area (Å²) in [6.45, 7) is 1.92. The summed E-state index contributed by atoms with van der Waals surface area (Å²) < 4.78 is 23.3. The van der Waals surface area contributed by atoms with Crippen LogP contribution in [0.2, 0.25) is 10.2 Å². The van der Waals surface area contributed by atoms with Gasteiger partial charge in [-0.05, 0) is 25.5 Å². The minimum Gasteiger partial charge on any atom is -0.298 e. The lowest BCUT2D eigenvalue weighted by atomic mass is 10.1. The van der Waals surface area contributed by atoms with Crippen molar-refractivity contribution in [3.8, 4) is 0 Å². The van der Waals surface area contributed by atoms with E-state index in [2.05, 4.69) is 9.88 Å². The molecule has 2 heterocycles. The zero-order valence-electron chi connectivity index (χ0n) is 10.6. The van der Waals surface area contributed by atoms with Crippen molar-refractivity contribution in [1.29, 1.82) is 0 Å². The van der Waals surface area contributed by atoms with Crippen molar-refractivity contribution in [2.75, 3.05) is 19.3 Å². The van der Waals surface area contributed by atoms with Crippen molar-refractivity contribution in [1.82, 2.24) is 9.88 Å². The lowest BCUT2D eigenvalue weighted by Crippen LogP contribution is -2.41. The molecule has 4 nitrogen and oxygen atoms in total. The van der Waals surface area contributed by atoms with Crippen LogP contribution in [0.3, 0.4) is 0 Å². The highest BCUT2D eigenvalue weighted by atomic mass is 35.5. The fraction of sp³-hybridized carbons (Fsp3) is 0.583. The van der Waals surface area contributed by atoms with Crippen molar-refractivity contribution in [3.63, 3.8) is 0 Å². The van der Waals surface area contributed by atoms with E-state index in [1.54, 1.807) is 12.3 Å². The van der Waals surface area contributed by atoms with Gasteiger partial charge in [0.05, 0.1) is 5.25 Å². The number of hydrogen-bond acceptors (Lipinski definition) is 4. The molecule has 7 heteroatoms. The van der Waals surface area contributed by atoms with Gasteiger partial charge >= 0.3 is 0 Å². The molecular weight excluding hydrogens is 307 g/mol. The first-order chi connectivity index (χ1) is 8.88. The topological polar surface area (TPSA) is 50.3 Å². The molecule has 0 saturated carbocycles. The van der Waals surface area contributed by atoms with Gasteiger partial charge in [0.25, 0.3) is 0 Å². The van der Waals surface area contributed by atoms with Crippen LogP contribution in [0.15, 0.2) is 12.3 Å². The number of pyridine rings is 1. The molecule has 1 unspecified atom stereocenters. The number of sulfone groups is 1. The first-order valence-corrected chi connectivity index (χ1v) is 8.79. The molecule has 0 amide bonds. The number of halogens is 2. The van der Waals surface area contributed by atoms with Crippen LogP contribution in [-0.2, 0) is 16.4 Å². The summed E-state index contributed by atoms with van der Waals surface area (Å²) in [4.78, 5) is 6.08. The van der Waals surface area contributed by atoms with Crippen LogP contribution in [0.25, 0.3) is 0 Å². The van der Waals surface area contributed by atoms with Gasteiger partial charge in [-0.3, -0.25) is 4.90 Å². The molecule has 1 aromatic heterocycles. The van der Waals surface area contributed by atoms with Gasteiger partial charge in [-0.15, -0.1) is 0 Å². The summed E-state index contributed by atoms with van der Waals surface area (Å²) in [5, 5.41) is 0.658. The minimum absolute atomic E-state index is 0.296. The fourth-order valence-corrected chi connectivity index (χ4v) is 3.86. The molecule has 0 radical (unpaired) electrons. The Morgan fingerprint density at radius 3 is 2.84 bits per heavy atom. The van der Waals surface area contributed by atoms with Crippen LogP contribution < -0.4 is 0 Å². The van der Waals surface area contributed by atoms with Crippen LogP contribution in [0.1, 0.15) is 18.4 Å². The lowest BCUT2D eigenvalue weighted by Gasteiger charge is -2.31. The van der Waals surface area contributed by atoms with Crippen molar-refractivity contribution >= 4 is 33.0 Å². The van der Waals surface area contributed by atoms with Gasteiger partial charge in [0.15, 0.2) is 9.84 Å². The third-order valence-electron chi connectivity index (χ3n) is 3.40. The molecule has 1 fully saturated rings. The summed E-state index contributed by atoms with van der Waals surface area (Å²) in [6, 6.07) is 1.70. The molecule has 0 bridgehead atoms. The monoisotopic (exact) mass is 322 g/mol. The van der Waals surface area contributed by atoms with E-state index in [9.17, 15) is 8.42 Å². The smallest absolute Gasteiger partial charge is 0.151 e. The quantitative estimate of drug-likeness (QED) is 0.802. The normalized spacial score (nSPS) is 21.5. The molecule has 0 aromatic carbocycles. The molecule has 106 valence electrons. The lowest BCUT2D eigenvalue weighted by molar-refractivity contribution is 0.222.